The minimum atomic E-state index is -3.67. The maximum Gasteiger partial charge on any atom is 0.276 e. The molecule has 0 saturated carbocycles. The monoisotopic (exact) mass is 276 g/mol. The standard InChI is InChI=1S/C13H12N2O3S/c16-13-9-5-4-6-11(13)10-14-15-19(17,18)12-7-2-1-3-8-12/h1-10,15-16H. The number of phenols is 1. The first kappa shape index (κ1) is 13.1. The predicted molar refractivity (Wildman–Crippen MR) is 72.5 cm³/mol. The molecule has 0 spiro atoms. The van der Waals surface area contributed by atoms with E-state index in [0.717, 1.165) is 0 Å². The van der Waals surface area contributed by atoms with E-state index < -0.39 is 10.0 Å². The van der Waals surface area contributed by atoms with Gasteiger partial charge in [-0.2, -0.15) is 13.5 Å². The minimum absolute atomic E-state index is 0.0326. The fraction of sp³-hybridized carbons (Fsp3) is 0. The number of benzene rings is 2. The smallest absolute Gasteiger partial charge is 0.276 e. The number of hydrogen-bond donors (Lipinski definition) is 2. The highest BCUT2D eigenvalue weighted by atomic mass is 32.2. The number of rotatable bonds is 4. The van der Waals surface area contributed by atoms with Crippen LogP contribution < -0.4 is 4.83 Å². The van der Waals surface area contributed by atoms with Gasteiger partial charge in [-0.3, -0.25) is 0 Å². The second-order valence-electron chi connectivity index (χ2n) is 3.72. The van der Waals surface area contributed by atoms with Crippen molar-refractivity contribution in [1.29, 1.82) is 0 Å². The van der Waals surface area contributed by atoms with Crippen LogP contribution in [-0.4, -0.2) is 19.7 Å². The van der Waals surface area contributed by atoms with Gasteiger partial charge < -0.3 is 5.11 Å². The van der Waals surface area contributed by atoms with Crippen LogP contribution in [0.15, 0.2) is 64.6 Å². The lowest BCUT2D eigenvalue weighted by Crippen LogP contribution is -2.18. The molecule has 2 N–H and O–H groups in total. The van der Waals surface area contributed by atoms with Gasteiger partial charge in [0.1, 0.15) is 5.75 Å². The van der Waals surface area contributed by atoms with Crippen LogP contribution >= 0.6 is 0 Å². The van der Waals surface area contributed by atoms with E-state index in [4.69, 9.17) is 0 Å². The van der Waals surface area contributed by atoms with Gasteiger partial charge in [0, 0.05) is 5.56 Å². The Morgan fingerprint density at radius 2 is 1.63 bits per heavy atom. The number of sulfonamides is 1. The van der Waals surface area contributed by atoms with E-state index in [2.05, 4.69) is 9.93 Å². The van der Waals surface area contributed by atoms with Crippen molar-refractivity contribution in [2.45, 2.75) is 4.90 Å². The second-order valence-corrected chi connectivity index (χ2v) is 5.39. The summed E-state index contributed by atoms with van der Waals surface area (Å²) in [7, 11) is -3.67. The molecule has 0 aliphatic rings. The van der Waals surface area contributed by atoms with Crippen LogP contribution in [0.5, 0.6) is 5.75 Å². The molecule has 5 nitrogen and oxygen atoms in total. The van der Waals surface area contributed by atoms with Crippen LogP contribution in [0.1, 0.15) is 5.56 Å². The summed E-state index contributed by atoms with van der Waals surface area (Å²) in [5.41, 5.74) is 0.429. The van der Waals surface area contributed by atoms with Gasteiger partial charge in [0.15, 0.2) is 0 Å². The van der Waals surface area contributed by atoms with E-state index in [1.54, 1.807) is 36.4 Å². The number of phenolic OH excluding ortho intramolecular Hbond substituents is 1. The summed E-state index contributed by atoms with van der Waals surface area (Å²) in [6.07, 6.45) is 1.25. The molecule has 0 atom stereocenters. The van der Waals surface area contributed by atoms with Gasteiger partial charge in [0.05, 0.1) is 11.1 Å². The Morgan fingerprint density at radius 3 is 2.32 bits per heavy atom. The average molecular weight is 276 g/mol. The summed E-state index contributed by atoms with van der Waals surface area (Å²) in [6.45, 7) is 0. The molecule has 0 fully saturated rings. The molecule has 6 heteroatoms. The summed E-state index contributed by atoms with van der Waals surface area (Å²) < 4.78 is 23.6. The topological polar surface area (TPSA) is 78.8 Å². The first-order valence-corrected chi connectivity index (χ1v) is 6.96. The van der Waals surface area contributed by atoms with Gasteiger partial charge in [-0.15, -0.1) is 0 Å². The van der Waals surface area contributed by atoms with Crippen molar-refractivity contribution in [2.75, 3.05) is 0 Å². The molecular formula is C13H12N2O3S. The van der Waals surface area contributed by atoms with E-state index in [0.29, 0.717) is 5.56 Å². The number of hydrazone groups is 1. The molecule has 98 valence electrons. The molecule has 0 unspecified atom stereocenters. The highest BCUT2D eigenvalue weighted by Crippen LogP contribution is 2.12. The summed E-state index contributed by atoms with van der Waals surface area (Å²) in [5, 5.41) is 13.1. The lowest BCUT2D eigenvalue weighted by Gasteiger charge is -2.02. The SMILES string of the molecule is O=S(=O)(NN=Cc1ccccc1O)c1ccccc1. The molecular weight excluding hydrogens is 264 g/mol. The van der Waals surface area contributed by atoms with E-state index in [1.807, 2.05) is 0 Å². The van der Waals surface area contributed by atoms with Gasteiger partial charge in [-0.25, -0.2) is 4.83 Å². The van der Waals surface area contributed by atoms with Crippen molar-refractivity contribution in [3.63, 3.8) is 0 Å². The molecule has 0 bridgehead atoms. The molecule has 0 aromatic heterocycles. The molecule has 0 amide bonds. The van der Waals surface area contributed by atoms with Crippen LogP contribution in [0.4, 0.5) is 0 Å². The molecule has 0 radical (unpaired) electrons. The predicted octanol–water partition coefficient (Wildman–Crippen LogP) is 1.70. The number of para-hydroxylation sites is 1. The van der Waals surface area contributed by atoms with Crippen molar-refractivity contribution in [2.24, 2.45) is 5.10 Å². The first-order chi connectivity index (χ1) is 9.09. The summed E-state index contributed by atoms with van der Waals surface area (Å²) in [6, 6.07) is 14.4. The van der Waals surface area contributed by atoms with Crippen molar-refractivity contribution in [3.05, 3.63) is 60.2 Å². The average Bonchev–Trinajstić information content (AvgIpc) is 2.42. The fourth-order valence-corrected chi connectivity index (χ4v) is 2.23. The summed E-state index contributed by atoms with van der Waals surface area (Å²) in [4.78, 5) is 2.21. The van der Waals surface area contributed by atoms with Crippen molar-refractivity contribution in [1.82, 2.24) is 4.83 Å². The maximum atomic E-state index is 11.8. The first-order valence-electron chi connectivity index (χ1n) is 5.47. The summed E-state index contributed by atoms with van der Waals surface area (Å²) >= 11 is 0. The molecule has 2 aromatic rings. The quantitative estimate of drug-likeness (QED) is 0.659. The third-order valence-corrected chi connectivity index (χ3v) is 3.61. The third-order valence-electron chi connectivity index (χ3n) is 2.37. The van der Waals surface area contributed by atoms with Gasteiger partial charge >= 0.3 is 0 Å². The Kier molecular flexibility index (Phi) is 3.82. The van der Waals surface area contributed by atoms with Crippen molar-refractivity contribution < 1.29 is 13.5 Å². The number of hydrogen-bond acceptors (Lipinski definition) is 4. The third kappa shape index (κ3) is 3.32. The number of nitrogens with one attached hydrogen (secondary N) is 1. The lowest BCUT2D eigenvalue weighted by atomic mass is 10.2. The molecule has 0 aliphatic carbocycles. The second kappa shape index (κ2) is 5.53. The van der Waals surface area contributed by atoms with Crippen molar-refractivity contribution in [3.8, 4) is 5.75 Å². The van der Waals surface area contributed by atoms with Gasteiger partial charge in [0.25, 0.3) is 10.0 Å². The van der Waals surface area contributed by atoms with Crippen molar-refractivity contribution >= 4 is 16.2 Å². The van der Waals surface area contributed by atoms with Gasteiger partial charge in [-0.05, 0) is 24.3 Å². The van der Waals surface area contributed by atoms with Gasteiger partial charge in [-0.1, -0.05) is 30.3 Å². The highest BCUT2D eigenvalue weighted by Gasteiger charge is 2.11. The van der Waals surface area contributed by atoms with E-state index in [-0.39, 0.29) is 10.6 Å². The molecule has 0 saturated heterocycles. The summed E-state index contributed by atoms with van der Waals surface area (Å²) in [5.74, 6) is 0.0326. The number of aromatic hydroxyl groups is 1. The highest BCUT2D eigenvalue weighted by molar-refractivity contribution is 7.89. The molecule has 0 aliphatic heterocycles. The molecule has 2 aromatic carbocycles. The van der Waals surface area contributed by atoms with Crippen LogP contribution in [0.2, 0.25) is 0 Å². The normalized spacial score (nSPS) is 11.6. The van der Waals surface area contributed by atoms with E-state index in [9.17, 15) is 13.5 Å². The Labute approximate surface area is 111 Å². The van der Waals surface area contributed by atoms with Crippen LogP contribution in [0.25, 0.3) is 0 Å². The molecule has 19 heavy (non-hydrogen) atoms. The molecule has 2 rings (SSSR count). The zero-order valence-corrected chi connectivity index (χ0v) is 10.7. The van der Waals surface area contributed by atoms with E-state index >= 15 is 0 Å². The zero-order chi connectivity index (χ0) is 13.7. The Bertz CT molecular complexity index is 682. The van der Waals surface area contributed by atoms with Crippen LogP contribution in [0.3, 0.4) is 0 Å². The lowest BCUT2D eigenvalue weighted by molar-refractivity contribution is 0.474. The largest absolute Gasteiger partial charge is 0.507 e. The Balaban J connectivity index is 2.13. The van der Waals surface area contributed by atoms with Crippen LogP contribution in [0, 0.1) is 0 Å². The van der Waals surface area contributed by atoms with Gasteiger partial charge in [0.2, 0.25) is 0 Å². The van der Waals surface area contributed by atoms with Crippen LogP contribution in [-0.2, 0) is 10.0 Å². The minimum Gasteiger partial charge on any atom is -0.507 e. The number of nitrogens with zero attached hydrogens (tertiary/aromatic N) is 1. The van der Waals surface area contributed by atoms with E-state index in [1.165, 1.54) is 24.4 Å². The molecule has 0 heterocycles. The Hall–Kier alpha value is -2.34. The fourth-order valence-electron chi connectivity index (χ4n) is 1.41. The zero-order valence-electron chi connectivity index (χ0n) is 9.89. The maximum absolute atomic E-state index is 11.8. The Morgan fingerprint density at radius 1 is 1.00 bits per heavy atom.